The first-order valence-electron chi connectivity index (χ1n) is 9.06. The van der Waals surface area contributed by atoms with Crippen molar-refractivity contribution in [2.75, 3.05) is 19.6 Å². The second-order valence-electron chi connectivity index (χ2n) is 6.98. The summed E-state index contributed by atoms with van der Waals surface area (Å²) in [7, 11) is 0. The Morgan fingerprint density at radius 3 is 2.73 bits per heavy atom. The van der Waals surface area contributed by atoms with Crippen molar-refractivity contribution in [1.82, 2.24) is 10.6 Å². The first-order valence-corrected chi connectivity index (χ1v) is 9.06. The van der Waals surface area contributed by atoms with Crippen LogP contribution in [0.25, 0.3) is 0 Å². The van der Waals surface area contributed by atoms with E-state index in [4.69, 9.17) is 0 Å². The minimum Gasteiger partial charge on any atom is -0.504 e. The molecule has 7 nitrogen and oxygen atoms in total. The van der Waals surface area contributed by atoms with Crippen LogP contribution in [0.1, 0.15) is 36.8 Å². The lowest BCUT2D eigenvalue weighted by molar-refractivity contribution is 0.230. The number of benzene rings is 1. The summed E-state index contributed by atoms with van der Waals surface area (Å²) in [6, 6.07) is 2.83. The third-order valence-electron chi connectivity index (χ3n) is 4.97. The molecule has 0 heterocycles. The van der Waals surface area contributed by atoms with E-state index in [1.165, 1.54) is 12.1 Å². The highest BCUT2D eigenvalue weighted by molar-refractivity contribution is 5.73. The molecule has 2 rings (SSSR count). The Morgan fingerprint density at radius 2 is 1.96 bits per heavy atom. The Morgan fingerprint density at radius 1 is 1.23 bits per heavy atom. The minimum absolute atomic E-state index is 0.137. The molecule has 1 aromatic carbocycles. The summed E-state index contributed by atoms with van der Waals surface area (Å²) in [5.41, 5.74) is 1.75. The van der Waals surface area contributed by atoms with Gasteiger partial charge in [-0.3, -0.25) is 0 Å². The Bertz CT molecular complexity index is 671. The van der Waals surface area contributed by atoms with Crippen LogP contribution >= 0.6 is 0 Å². The van der Waals surface area contributed by atoms with Crippen LogP contribution in [0.3, 0.4) is 0 Å². The molecule has 1 aromatic rings. The number of phenols is 2. The summed E-state index contributed by atoms with van der Waals surface area (Å²) >= 11 is 0. The third-order valence-corrected chi connectivity index (χ3v) is 4.97. The van der Waals surface area contributed by atoms with E-state index in [2.05, 4.69) is 15.6 Å². The summed E-state index contributed by atoms with van der Waals surface area (Å²) < 4.78 is 0. The van der Waals surface area contributed by atoms with Gasteiger partial charge in [0.25, 0.3) is 0 Å². The van der Waals surface area contributed by atoms with Crippen molar-refractivity contribution in [3.8, 4) is 11.5 Å². The van der Waals surface area contributed by atoms with Gasteiger partial charge in [-0.2, -0.15) is 0 Å². The second kappa shape index (κ2) is 9.82. The van der Waals surface area contributed by atoms with Gasteiger partial charge in [0.05, 0.1) is 6.54 Å². The van der Waals surface area contributed by atoms with E-state index in [9.17, 15) is 19.8 Å². The van der Waals surface area contributed by atoms with Gasteiger partial charge in [-0.05, 0) is 67.7 Å². The van der Waals surface area contributed by atoms with E-state index in [1.54, 1.807) is 6.08 Å². The van der Waals surface area contributed by atoms with E-state index in [1.807, 2.05) is 6.92 Å². The molecule has 0 saturated heterocycles. The number of nitrogens with one attached hydrogen (secondary N) is 2. The number of aliphatic imine (C=N–C) groups is 1. The first-order chi connectivity index (χ1) is 12.5. The van der Waals surface area contributed by atoms with Crippen molar-refractivity contribution in [3.05, 3.63) is 23.3 Å². The van der Waals surface area contributed by atoms with Crippen LogP contribution in [-0.4, -0.2) is 42.0 Å². The van der Waals surface area contributed by atoms with Crippen LogP contribution in [0.5, 0.6) is 11.5 Å². The number of hydrogen-bond donors (Lipinski definition) is 4. The van der Waals surface area contributed by atoms with Crippen molar-refractivity contribution >= 4 is 12.1 Å². The number of aromatic hydroxyl groups is 2. The molecule has 2 unspecified atom stereocenters. The smallest absolute Gasteiger partial charge is 0.314 e. The van der Waals surface area contributed by atoms with Crippen LogP contribution < -0.4 is 10.6 Å². The van der Waals surface area contributed by atoms with Crippen molar-refractivity contribution in [1.29, 1.82) is 0 Å². The zero-order chi connectivity index (χ0) is 18.9. The van der Waals surface area contributed by atoms with Gasteiger partial charge in [-0.25, -0.2) is 14.6 Å². The lowest BCUT2D eigenvalue weighted by atomic mass is 9.81. The SMILES string of the molecule is Cc1cc(O)c(O)cc1CCNC(=O)NCC1CCCC(CN=C=O)C1. The zero-order valence-corrected chi connectivity index (χ0v) is 15.1. The predicted octanol–water partition coefficient (Wildman–Crippen LogP) is 2.39. The molecule has 2 atom stereocenters. The van der Waals surface area contributed by atoms with E-state index in [0.29, 0.717) is 37.9 Å². The Hall–Kier alpha value is -2.53. The lowest BCUT2D eigenvalue weighted by Gasteiger charge is -2.28. The number of carbonyl (C=O) groups is 1. The molecule has 1 saturated carbocycles. The van der Waals surface area contributed by atoms with Gasteiger partial charge in [-0.15, -0.1) is 0 Å². The molecule has 1 aliphatic carbocycles. The largest absolute Gasteiger partial charge is 0.504 e. The second-order valence-corrected chi connectivity index (χ2v) is 6.98. The van der Waals surface area contributed by atoms with Gasteiger partial charge in [0.2, 0.25) is 6.08 Å². The first kappa shape index (κ1) is 19.8. The van der Waals surface area contributed by atoms with Crippen LogP contribution in [-0.2, 0) is 11.2 Å². The summed E-state index contributed by atoms with van der Waals surface area (Å²) in [6.45, 7) is 3.44. The normalized spacial score (nSPS) is 19.4. The molecule has 0 spiro atoms. The zero-order valence-electron chi connectivity index (χ0n) is 15.1. The molecule has 142 valence electrons. The monoisotopic (exact) mass is 361 g/mol. The molecule has 4 N–H and O–H groups in total. The Kier molecular flexibility index (Phi) is 7.48. The molecular formula is C19H27N3O4. The third kappa shape index (κ3) is 6.08. The molecule has 1 fully saturated rings. The van der Waals surface area contributed by atoms with Crippen molar-refractivity contribution in [3.63, 3.8) is 0 Å². The predicted molar refractivity (Wildman–Crippen MR) is 98.1 cm³/mol. The van der Waals surface area contributed by atoms with Crippen molar-refractivity contribution in [2.45, 2.75) is 39.0 Å². The summed E-state index contributed by atoms with van der Waals surface area (Å²) in [5.74, 6) is 0.533. The fraction of sp³-hybridized carbons (Fsp3) is 0.579. The number of isocyanates is 1. The van der Waals surface area contributed by atoms with E-state index in [0.717, 1.165) is 36.8 Å². The number of rotatable bonds is 7. The highest BCUT2D eigenvalue weighted by Gasteiger charge is 2.22. The molecule has 0 aliphatic heterocycles. The van der Waals surface area contributed by atoms with Gasteiger partial charge >= 0.3 is 6.03 Å². The molecule has 0 bridgehead atoms. The molecule has 7 heteroatoms. The number of amides is 2. The maximum absolute atomic E-state index is 12.0. The number of nitrogens with zero attached hydrogens (tertiary/aromatic N) is 1. The highest BCUT2D eigenvalue weighted by atomic mass is 16.3. The van der Waals surface area contributed by atoms with Crippen LogP contribution in [0, 0.1) is 18.8 Å². The number of hydrogen-bond acceptors (Lipinski definition) is 5. The van der Waals surface area contributed by atoms with Crippen molar-refractivity contribution < 1.29 is 19.8 Å². The molecule has 0 radical (unpaired) electrons. The standard InChI is InChI=1S/C19H27N3O4/c1-13-7-17(24)18(25)9-16(13)5-6-21-19(26)22-11-15-4-2-3-14(8-15)10-20-12-23/h7,9,14-15,24-25H,2-6,8,10-11H2,1H3,(H2,21,22,26). The molecule has 0 aromatic heterocycles. The maximum Gasteiger partial charge on any atom is 0.314 e. The van der Waals surface area contributed by atoms with E-state index < -0.39 is 0 Å². The Labute approximate surface area is 153 Å². The van der Waals surface area contributed by atoms with Crippen LogP contribution in [0.4, 0.5) is 4.79 Å². The maximum atomic E-state index is 12.0. The average Bonchev–Trinajstić information content (AvgIpc) is 2.63. The van der Waals surface area contributed by atoms with Gasteiger partial charge < -0.3 is 20.8 Å². The van der Waals surface area contributed by atoms with Gasteiger partial charge in [0.1, 0.15) is 0 Å². The Balaban J connectivity index is 1.69. The summed E-state index contributed by atoms with van der Waals surface area (Å²) in [5, 5.41) is 24.7. The van der Waals surface area contributed by atoms with Gasteiger partial charge in [0, 0.05) is 13.1 Å². The van der Waals surface area contributed by atoms with Crippen LogP contribution in [0.15, 0.2) is 17.1 Å². The minimum atomic E-state index is -0.210. The fourth-order valence-electron chi connectivity index (χ4n) is 3.52. The molecule has 1 aliphatic rings. The van der Waals surface area contributed by atoms with Crippen LogP contribution in [0.2, 0.25) is 0 Å². The number of aryl methyl sites for hydroxylation is 1. The molecule has 26 heavy (non-hydrogen) atoms. The summed E-state index contributed by atoms with van der Waals surface area (Å²) in [4.78, 5) is 25.8. The molecular weight excluding hydrogens is 334 g/mol. The number of carbonyl (C=O) groups excluding carboxylic acids is 2. The fourth-order valence-corrected chi connectivity index (χ4v) is 3.52. The van der Waals surface area contributed by atoms with Crippen molar-refractivity contribution in [2.24, 2.45) is 16.8 Å². The van der Waals surface area contributed by atoms with E-state index in [-0.39, 0.29) is 17.5 Å². The summed E-state index contributed by atoms with van der Waals surface area (Å²) in [6.07, 6.45) is 6.38. The lowest BCUT2D eigenvalue weighted by Crippen LogP contribution is -2.40. The number of phenolic OH excluding ortho intramolecular Hbond substituents is 2. The van der Waals surface area contributed by atoms with E-state index >= 15 is 0 Å². The topological polar surface area (TPSA) is 111 Å². The number of urea groups is 1. The van der Waals surface area contributed by atoms with Gasteiger partial charge in [-0.1, -0.05) is 6.42 Å². The highest BCUT2D eigenvalue weighted by Crippen LogP contribution is 2.29. The average molecular weight is 361 g/mol. The van der Waals surface area contributed by atoms with Gasteiger partial charge in [0.15, 0.2) is 11.5 Å². The molecule has 2 amide bonds. The quantitative estimate of drug-likeness (QED) is 0.339.